The summed E-state index contributed by atoms with van der Waals surface area (Å²) in [6.07, 6.45) is 1.15. The van der Waals surface area contributed by atoms with E-state index in [9.17, 15) is 19.5 Å². The third-order valence-corrected chi connectivity index (χ3v) is 5.36. The van der Waals surface area contributed by atoms with Crippen LogP contribution in [0.25, 0.3) is 0 Å². The van der Waals surface area contributed by atoms with Gasteiger partial charge in [-0.25, -0.2) is 10.3 Å². The molecule has 192 valence electrons. The van der Waals surface area contributed by atoms with Gasteiger partial charge < -0.3 is 14.6 Å². The predicted octanol–water partition coefficient (Wildman–Crippen LogP) is 5.17. The van der Waals surface area contributed by atoms with Gasteiger partial charge in [0.25, 0.3) is 5.91 Å². The average molecular weight is 505 g/mol. The Kier molecular flexibility index (Phi) is 9.81. The second-order valence-electron chi connectivity index (χ2n) is 8.10. The quantitative estimate of drug-likeness (QED) is 0.122. The number of phenols is 1. The third-order valence-electron chi connectivity index (χ3n) is 5.36. The molecule has 3 aromatic rings. The van der Waals surface area contributed by atoms with E-state index in [1.165, 1.54) is 30.6 Å². The monoisotopic (exact) mass is 504 g/mol. The average Bonchev–Trinajstić information content (AvgIpc) is 2.90. The number of rotatable bonds is 11. The number of ether oxygens (including phenoxy) is 2. The molecule has 0 heterocycles. The van der Waals surface area contributed by atoms with Gasteiger partial charge in [-0.05, 0) is 73.9 Å². The fourth-order valence-electron chi connectivity index (χ4n) is 3.51. The van der Waals surface area contributed by atoms with Crippen LogP contribution < -0.4 is 15.5 Å². The van der Waals surface area contributed by atoms with E-state index in [1.807, 2.05) is 18.2 Å². The Hall–Kier alpha value is -4.63. The molecule has 9 heteroatoms. The lowest BCUT2D eigenvalue weighted by Crippen LogP contribution is -2.31. The highest BCUT2D eigenvalue weighted by molar-refractivity contribution is 5.95. The molecule has 37 heavy (non-hydrogen) atoms. The molecule has 0 saturated heterocycles. The topological polar surface area (TPSA) is 134 Å². The van der Waals surface area contributed by atoms with Crippen LogP contribution in [0, 0.1) is 0 Å². The maximum Gasteiger partial charge on any atom is 0.412 e. The van der Waals surface area contributed by atoms with E-state index in [0.29, 0.717) is 35.4 Å². The van der Waals surface area contributed by atoms with Crippen molar-refractivity contribution >= 4 is 23.5 Å². The molecule has 2 amide bonds. The first-order chi connectivity index (χ1) is 17.9. The number of hydrogen-bond acceptors (Lipinski definition) is 7. The van der Waals surface area contributed by atoms with Crippen LogP contribution in [0.5, 0.6) is 11.5 Å². The number of Topliss-reactive ketones (excluding diaryl/α,β-unsaturated/α-hetero) is 1. The second-order valence-corrected chi connectivity index (χ2v) is 8.10. The van der Waals surface area contributed by atoms with E-state index >= 15 is 0 Å². The lowest BCUT2D eigenvalue weighted by Gasteiger charge is -2.28. The summed E-state index contributed by atoms with van der Waals surface area (Å²) in [5, 5.41) is 21.1. The number of hydrogen-bond donors (Lipinski definition) is 4. The van der Waals surface area contributed by atoms with Crippen molar-refractivity contribution < 1.29 is 34.2 Å². The van der Waals surface area contributed by atoms with Crippen LogP contribution in [0.2, 0.25) is 0 Å². The molecule has 3 aromatic carbocycles. The minimum absolute atomic E-state index is 0.0518. The Balaban J connectivity index is 1.85. The molecule has 2 atom stereocenters. The van der Waals surface area contributed by atoms with Crippen molar-refractivity contribution in [3.8, 4) is 11.5 Å². The van der Waals surface area contributed by atoms with E-state index in [1.54, 1.807) is 54.6 Å². The molecule has 3 rings (SSSR count). The highest BCUT2D eigenvalue weighted by Gasteiger charge is 2.29. The van der Waals surface area contributed by atoms with Gasteiger partial charge >= 0.3 is 6.09 Å². The molecule has 0 aromatic heterocycles. The number of hydroxylamine groups is 1. The number of carbonyl (C=O) groups is 3. The number of amides is 2. The summed E-state index contributed by atoms with van der Waals surface area (Å²) in [6, 6.07) is 21.6. The van der Waals surface area contributed by atoms with Gasteiger partial charge in [-0.1, -0.05) is 36.4 Å². The van der Waals surface area contributed by atoms with Crippen LogP contribution in [0.4, 0.5) is 10.5 Å². The Morgan fingerprint density at radius 1 is 0.946 bits per heavy atom. The molecular formula is C28H28N2O7. The van der Waals surface area contributed by atoms with Gasteiger partial charge in [0.2, 0.25) is 0 Å². The smallest absolute Gasteiger partial charge is 0.412 e. The number of ketones is 1. The summed E-state index contributed by atoms with van der Waals surface area (Å²) in [6.45, 7) is 1.46. The van der Waals surface area contributed by atoms with Crippen molar-refractivity contribution in [2.75, 3.05) is 5.32 Å². The van der Waals surface area contributed by atoms with Crippen LogP contribution in [0.15, 0.2) is 91.0 Å². The van der Waals surface area contributed by atoms with Crippen molar-refractivity contribution in [3.63, 3.8) is 0 Å². The number of anilines is 1. The molecule has 0 radical (unpaired) electrons. The lowest BCUT2D eigenvalue weighted by molar-refractivity contribution is -0.124. The predicted molar refractivity (Wildman–Crippen MR) is 137 cm³/mol. The first-order valence-corrected chi connectivity index (χ1v) is 11.6. The van der Waals surface area contributed by atoms with Crippen LogP contribution in [0.1, 0.15) is 41.8 Å². The van der Waals surface area contributed by atoms with Crippen LogP contribution >= 0.6 is 0 Å². The number of aromatic hydroxyl groups is 1. The lowest BCUT2D eigenvalue weighted by atomic mass is 10.00. The summed E-state index contributed by atoms with van der Waals surface area (Å²) >= 11 is 0. The molecule has 0 fully saturated rings. The molecular weight excluding hydrogens is 476 g/mol. The maximum absolute atomic E-state index is 12.9. The van der Waals surface area contributed by atoms with Gasteiger partial charge in [0.15, 0.2) is 11.9 Å². The second kappa shape index (κ2) is 13.5. The van der Waals surface area contributed by atoms with Crippen LogP contribution in [-0.4, -0.2) is 34.2 Å². The van der Waals surface area contributed by atoms with Crippen LogP contribution in [0.3, 0.4) is 0 Å². The van der Waals surface area contributed by atoms with Gasteiger partial charge in [-0.3, -0.25) is 20.1 Å². The molecule has 4 N–H and O–H groups in total. The summed E-state index contributed by atoms with van der Waals surface area (Å²) < 4.78 is 12.0. The van der Waals surface area contributed by atoms with Crippen molar-refractivity contribution in [1.29, 1.82) is 0 Å². The molecule has 0 aliphatic carbocycles. The van der Waals surface area contributed by atoms with Crippen molar-refractivity contribution in [2.24, 2.45) is 0 Å². The van der Waals surface area contributed by atoms with E-state index in [0.717, 1.165) is 0 Å². The van der Waals surface area contributed by atoms with E-state index < -0.39 is 24.2 Å². The number of para-hydroxylation sites is 1. The van der Waals surface area contributed by atoms with Gasteiger partial charge in [-0.2, -0.15) is 0 Å². The van der Waals surface area contributed by atoms with Gasteiger partial charge in [0.1, 0.15) is 17.6 Å². The van der Waals surface area contributed by atoms with Gasteiger partial charge in [0, 0.05) is 17.3 Å². The number of phenolic OH excluding ortho intramolecular Hbond substituents is 1. The Morgan fingerprint density at radius 3 is 2.24 bits per heavy atom. The van der Waals surface area contributed by atoms with Gasteiger partial charge in [-0.15, -0.1) is 0 Å². The normalized spacial score (nSPS) is 12.4. The molecule has 0 bridgehead atoms. The molecule has 0 aliphatic heterocycles. The van der Waals surface area contributed by atoms with Crippen molar-refractivity contribution in [2.45, 2.75) is 32.0 Å². The zero-order valence-corrected chi connectivity index (χ0v) is 20.2. The highest BCUT2D eigenvalue weighted by atomic mass is 16.6. The zero-order chi connectivity index (χ0) is 26.6. The largest absolute Gasteiger partial charge is 0.508 e. The highest BCUT2D eigenvalue weighted by Crippen LogP contribution is 2.30. The van der Waals surface area contributed by atoms with E-state index in [-0.39, 0.29) is 11.5 Å². The minimum Gasteiger partial charge on any atom is -0.508 e. The summed E-state index contributed by atoms with van der Waals surface area (Å²) in [5.41, 5.74) is 3.07. The fourth-order valence-corrected chi connectivity index (χ4v) is 3.51. The van der Waals surface area contributed by atoms with Crippen LogP contribution in [-0.2, 0) is 9.53 Å². The Morgan fingerprint density at radius 2 is 1.62 bits per heavy atom. The number of nitrogens with one attached hydrogen (secondary N) is 2. The minimum atomic E-state index is -0.891. The molecule has 0 spiro atoms. The third kappa shape index (κ3) is 8.52. The number of benzene rings is 3. The van der Waals surface area contributed by atoms with Crippen molar-refractivity contribution in [3.05, 3.63) is 102 Å². The number of allylic oxidation sites excluding steroid dienone is 1. The van der Waals surface area contributed by atoms with E-state index in [4.69, 9.17) is 14.7 Å². The zero-order valence-electron chi connectivity index (χ0n) is 20.2. The Bertz CT molecular complexity index is 1210. The molecule has 0 saturated carbocycles. The first kappa shape index (κ1) is 27.0. The number of carbonyl (C=O) groups excluding carboxylic acids is 3. The summed E-state index contributed by atoms with van der Waals surface area (Å²) in [5.74, 6) is -0.150. The first-order valence-electron chi connectivity index (χ1n) is 11.6. The molecule has 0 unspecified atom stereocenters. The summed E-state index contributed by atoms with van der Waals surface area (Å²) in [7, 11) is 0. The molecule has 0 aliphatic rings. The van der Waals surface area contributed by atoms with Gasteiger partial charge in [0.05, 0.1) is 0 Å². The fraction of sp³-hybridized carbons (Fsp3) is 0.179. The summed E-state index contributed by atoms with van der Waals surface area (Å²) in [4.78, 5) is 35.7. The molecule has 9 nitrogen and oxygen atoms in total. The Labute approximate surface area is 214 Å². The van der Waals surface area contributed by atoms with E-state index in [2.05, 4.69) is 5.32 Å². The maximum atomic E-state index is 12.9. The standard InChI is InChI=1S/C28H28N2O7/c1-19(31)20-11-15-22(16-12-20)29-28(34)37-27(21-13-17-23(32)18-14-21)25(9-5-6-10-26(33)30-35)36-24-7-3-2-4-8-24/h2-4,6-8,10-18,25,27,32,35H,5,9H2,1H3,(H,29,34)(H,30,33)/b10-6+/t25-,27-/m0/s1. The SMILES string of the molecule is CC(=O)c1ccc(NC(=O)O[C@@H](c2ccc(O)cc2)[C@H](CC/C=C/C(=O)NO)Oc2ccccc2)cc1. The van der Waals surface area contributed by atoms with Crippen molar-refractivity contribution in [1.82, 2.24) is 5.48 Å².